The van der Waals surface area contributed by atoms with Crippen LogP contribution in [0.4, 0.5) is 0 Å². The van der Waals surface area contributed by atoms with Crippen molar-refractivity contribution >= 4 is 0 Å². The van der Waals surface area contributed by atoms with Gasteiger partial charge < -0.3 is 20.9 Å². The summed E-state index contributed by atoms with van der Waals surface area (Å²) in [5.41, 5.74) is 12.7. The number of allylic oxidation sites excluding steroid dienone is 2. The molecule has 0 aliphatic heterocycles. The fraction of sp³-hybridized carbons (Fsp3) is 0.692. The van der Waals surface area contributed by atoms with Crippen LogP contribution >= 0.6 is 0 Å². The molecule has 0 aromatic carbocycles. The van der Waals surface area contributed by atoms with Gasteiger partial charge in [-0.2, -0.15) is 0 Å². The van der Waals surface area contributed by atoms with Gasteiger partial charge in [0.2, 0.25) is 0 Å². The van der Waals surface area contributed by atoms with Gasteiger partial charge in [-0.05, 0) is 45.8 Å². The summed E-state index contributed by atoms with van der Waals surface area (Å²) >= 11 is 0. The lowest BCUT2D eigenvalue weighted by Crippen LogP contribution is -2.03. The maximum atomic E-state index is 5.38. The Morgan fingerprint density at radius 1 is 0.882 bits per heavy atom. The first-order valence-corrected chi connectivity index (χ1v) is 4.89. The number of methoxy groups -OCH3 is 1. The summed E-state index contributed by atoms with van der Waals surface area (Å²) in [5, 5.41) is 0. The van der Waals surface area contributed by atoms with Crippen molar-refractivity contribution in [1.82, 2.24) is 0 Å². The summed E-state index contributed by atoms with van der Waals surface area (Å²) in [6.45, 7) is 10.2. The van der Waals surface area contributed by atoms with E-state index in [1.54, 1.807) is 7.11 Å². The van der Waals surface area contributed by atoms with Crippen LogP contribution in [0.15, 0.2) is 22.9 Å². The fourth-order valence-corrected chi connectivity index (χ4v) is 0.504. The largest absolute Gasteiger partial charge is 0.483 e. The van der Waals surface area contributed by atoms with Gasteiger partial charge in [0.1, 0.15) is 0 Å². The molecular formula is C13H32N2O2. The Morgan fingerprint density at radius 2 is 1.24 bits per heavy atom. The molecule has 17 heavy (non-hydrogen) atoms. The van der Waals surface area contributed by atoms with Gasteiger partial charge in [-0.25, -0.2) is 0 Å². The molecule has 0 rings (SSSR count). The highest BCUT2D eigenvalue weighted by Crippen LogP contribution is 1.95. The molecule has 0 radical (unpaired) electrons. The van der Waals surface area contributed by atoms with Gasteiger partial charge in [0.05, 0.1) is 13.7 Å². The Hall–Kier alpha value is -1.32. The van der Waals surface area contributed by atoms with Crippen molar-refractivity contribution in [3.05, 3.63) is 22.9 Å². The number of rotatable bonds is 3. The maximum absolute atomic E-state index is 5.38. The molecular weight excluding hydrogens is 216 g/mol. The fourth-order valence-electron chi connectivity index (χ4n) is 0.504. The predicted molar refractivity (Wildman–Crippen MR) is 77.2 cm³/mol. The Morgan fingerprint density at radius 3 is 1.29 bits per heavy atom. The summed E-state index contributed by atoms with van der Waals surface area (Å²) in [4.78, 5) is 0. The minimum atomic E-state index is 0. The number of ether oxygens (including phenoxy) is 2. The molecule has 0 bridgehead atoms. The van der Waals surface area contributed by atoms with Crippen molar-refractivity contribution in [2.75, 3.05) is 13.7 Å². The third-order valence-electron chi connectivity index (χ3n) is 1.51. The van der Waals surface area contributed by atoms with E-state index < -0.39 is 0 Å². The molecule has 0 saturated heterocycles. The van der Waals surface area contributed by atoms with Gasteiger partial charge in [-0.3, -0.25) is 0 Å². The monoisotopic (exact) mass is 248 g/mol. The maximum Gasteiger partial charge on any atom is 0.182 e. The van der Waals surface area contributed by atoms with Crippen LogP contribution in [0.5, 0.6) is 0 Å². The van der Waals surface area contributed by atoms with Crippen molar-refractivity contribution in [3.63, 3.8) is 0 Å². The molecule has 0 spiro atoms. The van der Waals surface area contributed by atoms with Gasteiger partial charge in [-0.15, -0.1) is 0 Å². The molecule has 4 nitrogen and oxygen atoms in total. The molecule has 106 valence electrons. The molecule has 4 heteroatoms. The SMILES string of the molecule is C.C.CCOC(N)=C(C)C.COC(N)=C(C)C. The van der Waals surface area contributed by atoms with Crippen molar-refractivity contribution in [1.29, 1.82) is 0 Å². The number of nitrogens with two attached hydrogens (primary N) is 2. The van der Waals surface area contributed by atoms with Gasteiger partial charge in [0.15, 0.2) is 11.8 Å². The first kappa shape index (κ1) is 24.8. The van der Waals surface area contributed by atoms with Crippen molar-refractivity contribution < 1.29 is 9.47 Å². The standard InChI is InChI=1S/C6H13NO.C5H11NO.2CH4/c1-4-8-6(7)5(2)3;1-4(2)5(6)7-3;;/h4,7H2,1-3H3;6H2,1-3H3;2*1H4. The van der Waals surface area contributed by atoms with Crippen molar-refractivity contribution in [3.8, 4) is 0 Å². The Balaban J connectivity index is -0.0000000896. The number of hydrogen-bond donors (Lipinski definition) is 2. The minimum absolute atomic E-state index is 0. The Kier molecular flexibility index (Phi) is 21.4. The first-order valence-electron chi connectivity index (χ1n) is 4.89. The smallest absolute Gasteiger partial charge is 0.182 e. The highest BCUT2D eigenvalue weighted by molar-refractivity contribution is 4.97. The lowest BCUT2D eigenvalue weighted by Gasteiger charge is -2.02. The van der Waals surface area contributed by atoms with Crippen LogP contribution in [0.1, 0.15) is 49.5 Å². The van der Waals surface area contributed by atoms with Crippen LogP contribution in [-0.4, -0.2) is 13.7 Å². The van der Waals surface area contributed by atoms with Crippen LogP contribution in [0.25, 0.3) is 0 Å². The van der Waals surface area contributed by atoms with E-state index in [4.69, 9.17) is 16.2 Å². The molecule has 0 aliphatic carbocycles. The summed E-state index contributed by atoms with van der Waals surface area (Å²) in [6.07, 6.45) is 0. The van der Waals surface area contributed by atoms with E-state index in [9.17, 15) is 0 Å². The summed E-state index contributed by atoms with van der Waals surface area (Å²) in [6, 6.07) is 0. The highest BCUT2D eigenvalue weighted by Gasteiger charge is 1.87. The second-order valence-corrected chi connectivity index (χ2v) is 3.37. The molecule has 0 heterocycles. The van der Waals surface area contributed by atoms with Gasteiger partial charge in [-0.1, -0.05) is 14.9 Å². The average molecular weight is 248 g/mol. The quantitative estimate of drug-likeness (QED) is 0.751. The van der Waals surface area contributed by atoms with E-state index in [0.29, 0.717) is 18.4 Å². The second kappa shape index (κ2) is 14.7. The van der Waals surface area contributed by atoms with Crippen molar-refractivity contribution in [2.24, 2.45) is 11.5 Å². The normalized spacial score (nSPS) is 7.18. The molecule has 0 unspecified atom stereocenters. The molecule has 0 fully saturated rings. The van der Waals surface area contributed by atoms with Crippen LogP contribution in [-0.2, 0) is 9.47 Å². The minimum Gasteiger partial charge on any atom is -0.483 e. The van der Waals surface area contributed by atoms with Crippen LogP contribution < -0.4 is 11.5 Å². The zero-order valence-electron chi connectivity index (χ0n) is 10.7. The van der Waals surface area contributed by atoms with Gasteiger partial charge in [0, 0.05) is 0 Å². The topological polar surface area (TPSA) is 70.5 Å². The average Bonchev–Trinajstić information content (AvgIpc) is 2.17. The third-order valence-corrected chi connectivity index (χ3v) is 1.51. The van der Waals surface area contributed by atoms with E-state index >= 15 is 0 Å². The second-order valence-electron chi connectivity index (χ2n) is 3.37. The van der Waals surface area contributed by atoms with Crippen LogP contribution in [0, 0.1) is 0 Å². The van der Waals surface area contributed by atoms with Gasteiger partial charge >= 0.3 is 0 Å². The molecule has 0 aliphatic rings. The zero-order valence-corrected chi connectivity index (χ0v) is 10.7. The highest BCUT2D eigenvalue weighted by atomic mass is 16.5. The summed E-state index contributed by atoms with van der Waals surface area (Å²) < 4.78 is 9.63. The van der Waals surface area contributed by atoms with Crippen molar-refractivity contribution in [2.45, 2.75) is 49.5 Å². The lowest BCUT2D eigenvalue weighted by molar-refractivity contribution is 0.222. The molecule has 4 N–H and O–H groups in total. The molecule has 0 saturated carbocycles. The third kappa shape index (κ3) is 17.3. The van der Waals surface area contributed by atoms with E-state index in [0.717, 1.165) is 11.1 Å². The van der Waals surface area contributed by atoms with E-state index in [-0.39, 0.29) is 14.9 Å². The van der Waals surface area contributed by atoms with Crippen LogP contribution in [0.3, 0.4) is 0 Å². The number of hydrogen-bond acceptors (Lipinski definition) is 4. The van der Waals surface area contributed by atoms with Crippen LogP contribution in [0.2, 0.25) is 0 Å². The summed E-state index contributed by atoms with van der Waals surface area (Å²) in [7, 11) is 1.56. The van der Waals surface area contributed by atoms with E-state index in [2.05, 4.69) is 4.74 Å². The molecule has 0 amide bonds. The van der Waals surface area contributed by atoms with Gasteiger partial charge in [0.25, 0.3) is 0 Å². The zero-order chi connectivity index (χ0) is 12.4. The molecule has 0 atom stereocenters. The molecule has 0 aromatic rings. The van der Waals surface area contributed by atoms with E-state index in [1.807, 2.05) is 34.6 Å². The predicted octanol–water partition coefficient (Wildman–Crippen LogP) is 3.35. The summed E-state index contributed by atoms with van der Waals surface area (Å²) in [5.74, 6) is 1.06. The lowest BCUT2D eigenvalue weighted by atomic mass is 10.4. The Bertz CT molecular complexity index is 226. The Labute approximate surface area is 108 Å². The molecule has 0 aromatic heterocycles. The van der Waals surface area contributed by atoms with E-state index in [1.165, 1.54) is 0 Å². The first-order chi connectivity index (χ1) is 6.86.